The lowest BCUT2D eigenvalue weighted by Crippen LogP contribution is -2.42. The largest absolute Gasteiger partial charge is 0.490 e. The molecule has 0 aromatic carbocycles. The number of ether oxygens (including phenoxy) is 1. The van der Waals surface area contributed by atoms with Crippen molar-refractivity contribution in [2.24, 2.45) is 0 Å². The third-order valence-corrected chi connectivity index (χ3v) is 7.73. The van der Waals surface area contributed by atoms with E-state index in [1.807, 2.05) is 0 Å². The van der Waals surface area contributed by atoms with Crippen LogP contribution in [0.1, 0.15) is 19.1 Å². The number of nitrogen functional groups attached to an aromatic ring is 1. The summed E-state index contributed by atoms with van der Waals surface area (Å²) in [6.07, 6.45) is -7.00. The first-order valence-corrected chi connectivity index (χ1v) is 12.7. The van der Waals surface area contributed by atoms with Crippen molar-refractivity contribution in [1.29, 1.82) is 0 Å². The van der Waals surface area contributed by atoms with Gasteiger partial charge in [0.1, 0.15) is 23.8 Å². The average Bonchev–Trinajstić information content (AvgIpc) is 2.84. The molecule has 32 heavy (non-hydrogen) atoms. The van der Waals surface area contributed by atoms with Crippen LogP contribution in [0.5, 0.6) is 0 Å². The van der Waals surface area contributed by atoms with Crippen LogP contribution in [-0.4, -0.2) is 59.0 Å². The van der Waals surface area contributed by atoms with Gasteiger partial charge in [0, 0.05) is 19.0 Å². The molecule has 5 atom stereocenters. The maximum absolute atomic E-state index is 13.0. The van der Waals surface area contributed by atoms with E-state index in [0.717, 1.165) is 10.8 Å². The summed E-state index contributed by atoms with van der Waals surface area (Å²) in [5.41, 5.74) is 1.98. The zero-order valence-corrected chi connectivity index (χ0v) is 18.3. The van der Waals surface area contributed by atoms with Gasteiger partial charge in [-0.25, -0.2) is 27.3 Å². The van der Waals surface area contributed by atoms with Crippen LogP contribution in [0.4, 0.5) is 14.6 Å². The third-order valence-electron chi connectivity index (χ3n) is 3.92. The summed E-state index contributed by atoms with van der Waals surface area (Å²) in [4.78, 5) is 50.9. The first kappa shape index (κ1) is 27.1. The maximum Gasteiger partial charge on any atom is 0.490 e. The second-order valence-corrected chi connectivity index (χ2v) is 10.8. The second-order valence-electron chi connectivity index (χ2n) is 6.41. The van der Waals surface area contributed by atoms with E-state index < -0.39 is 73.0 Å². The number of rotatable bonds is 10. The highest BCUT2D eigenvalue weighted by molar-refractivity contribution is 7.66. The summed E-state index contributed by atoms with van der Waals surface area (Å²) >= 11 is 0. The number of nitrogens with two attached hydrogens (primary N) is 1. The minimum Gasteiger partial charge on any atom is -0.387 e. The fourth-order valence-electron chi connectivity index (χ4n) is 2.75. The molecule has 2 rings (SSSR count). The Morgan fingerprint density at radius 3 is 2.41 bits per heavy atom. The van der Waals surface area contributed by atoms with Crippen LogP contribution in [0.15, 0.2) is 17.1 Å². The van der Waals surface area contributed by atoms with Gasteiger partial charge in [-0.2, -0.15) is 13.6 Å². The standard InChI is InChI=1S/C11H18F2N3O13P3/c12-7(13)3-11(18)4-9(16-2-1-8(14)15-10(16)17)27-6(11)5-26-31(22,23)29-32(24,25)28-30(19,20)21/h1-2,6-7,9,18H,3-5H2,(H,22,23)(H,24,25)(H2,14,15,17)(H2,19,20,21)/t6-,9-,11+/m1/s1. The molecular formula is C11H18F2N3O13P3. The summed E-state index contributed by atoms with van der Waals surface area (Å²) in [5.74, 6) is -0.156. The molecule has 16 nitrogen and oxygen atoms in total. The van der Waals surface area contributed by atoms with Crippen LogP contribution >= 0.6 is 23.5 Å². The molecule has 0 radical (unpaired) electrons. The Labute approximate surface area is 177 Å². The molecule has 1 aromatic rings. The molecule has 1 aromatic heterocycles. The zero-order chi connectivity index (χ0) is 24.5. The van der Waals surface area contributed by atoms with Crippen molar-refractivity contribution < 1.29 is 65.0 Å². The Morgan fingerprint density at radius 2 is 1.88 bits per heavy atom. The first-order valence-electron chi connectivity index (χ1n) is 8.20. The molecular weight excluding hydrogens is 513 g/mol. The molecule has 0 bridgehead atoms. The number of hydrogen-bond acceptors (Lipinski definition) is 11. The maximum atomic E-state index is 13.0. The summed E-state index contributed by atoms with van der Waals surface area (Å²) in [7, 11) is -17.0. The molecule has 0 aliphatic carbocycles. The Bertz CT molecular complexity index is 1030. The van der Waals surface area contributed by atoms with Crippen molar-refractivity contribution in [2.75, 3.05) is 12.3 Å². The number of phosphoric acid groups is 3. The van der Waals surface area contributed by atoms with E-state index in [9.17, 15) is 37.3 Å². The number of aromatic nitrogens is 2. The highest BCUT2D eigenvalue weighted by atomic mass is 31.3. The topological polar surface area (TPSA) is 250 Å². The lowest BCUT2D eigenvalue weighted by Gasteiger charge is -2.28. The van der Waals surface area contributed by atoms with Gasteiger partial charge in [0.15, 0.2) is 0 Å². The van der Waals surface area contributed by atoms with Crippen molar-refractivity contribution >= 4 is 29.3 Å². The number of alkyl halides is 2. The Kier molecular flexibility index (Phi) is 8.15. The van der Waals surface area contributed by atoms with Gasteiger partial charge in [0.05, 0.1) is 6.61 Å². The summed E-state index contributed by atoms with van der Waals surface area (Å²) in [5, 5.41) is 10.6. The van der Waals surface area contributed by atoms with Crippen LogP contribution in [0.25, 0.3) is 0 Å². The van der Waals surface area contributed by atoms with Crippen molar-refractivity contribution in [2.45, 2.75) is 37.2 Å². The zero-order valence-electron chi connectivity index (χ0n) is 15.6. The fourth-order valence-corrected chi connectivity index (χ4v) is 5.77. The van der Waals surface area contributed by atoms with Gasteiger partial charge < -0.3 is 35.2 Å². The van der Waals surface area contributed by atoms with Crippen LogP contribution in [-0.2, 0) is 31.6 Å². The minimum atomic E-state index is -5.81. The smallest absolute Gasteiger partial charge is 0.387 e. The van der Waals surface area contributed by atoms with Gasteiger partial charge in [-0.1, -0.05) is 0 Å². The van der Waals surface area contributed by atoms with Crippen LogP contribution in [0.3, 0.4) is 0 Å². The molecule has 1 aliphatic heterocycles. The van der Waals surface area contributed by atoms with Gasteiger partial charge in [0.25, 0.3) is 0 Å². The molecule has 0 saturated carbocycles. The first-order chi connectivity index (χ1) is 14.4. The molecule has 0 spiro atoms. The summed E-state index contributed by atoms with van der Waals surface area (Å²) in [6, 6.07) is 1.18. The molecule has 1 saturated heterocycles. The average molecular weight is 531 g/mol. The summed E-state index contributed by atoms with van der Waals surface area (Å²) < 4.78 is 77.2. The Morgan fingerprint density at radius 1 is 1.25 bits per heavy atom. The molecule has 2 heterocycles. The van der Waals surface area contributed by atoms with Gasteiger partial charge >= 0.3 is 29.2 Å². The van der Waals surface area contributed by atoms with Gasteiger partial charge in [0.2, 0.25) is 6.43 Å². The van der Waals surface area contributed by atoms with Crippen molar-refractivity contribution in [3.8, 4) is 0 Å². The van der Waals surface area contributed by atoms with E-state index >= 15 is 0 Å². The number of aliphatic hydroxyl groups is 1. The van der Waals surface area contributed by atoms with Gasteiger partial charge in [-0.15, -0.1) is 0 Å². The Balaban J connectivity index is 2.18. The van der Waals surface area contributed by atoms with Crippen LogP contribution < -0.4 is 11.4 Å². The predicted octanol–water partition coefficient (Wildman–Crippen LogP) is -0.157. The molecule has 1 aliphatic rings. The molecule has 21 heteroatoms. The number of halogens is 2. The number of phosphoric ester groups is 1. The molecule has 184 valence electrons. The van der Waals surface area contributed by atoms with Crippen LogP contribution in [0.2, 0.25) is 0 Å². The van der Waals surface area contributed by atoms with E-state index in [-0.39, 0.29) is 5.82 Å². The van der Waals surface area contributed by atoms with Crippen LogP contribution in [0, 0.1) is 0 Å². The third kappa shape index (κ3) is 7.73. The predicted molar refractivity (Wildman–Crippen MR) is 96.8 cm³/mol. The second kappa shape index (κ2) is 9.62. The van der Waals surface area contributed by atoms with E-state index in [4.69, 9.17) is 25.2 Å². The van der Waals surface area contributed by atoms with Gasteiger partial charge in [-0.3, -0.25) is 9.09 Å². The van der Waals surface area contributed by atoms with Crippen molar-refractivity contribution in [3.63, 3.8) is 0 Å². The lowest BCUT2D eigenvalue weighted by atomic mass is 9.91. The molecule has 7 N–H and O–H groups in total. The highest BCUT2D eigenvalue weighted by Gasteiger charge is 2.51. The van der Waals surface area contributed by atoms with E-state index in [1.165, 1.54) is 6.07 Å². The SMILES string of the molecule is Nc1ccn([C@H]2C[C@@](O)(CC(F)F)[C@@H](COP(=O)(O)OP(=O)(O)OP(=O)(O)O)O2)c(=O)n1. The fraction of sp³-hybridized carbons (Fsp3) is 0.636. The number of anilines is 1. The quantitative estimate of drug-likeness (QED) is 0.215. The van der Waals surface area contributed by atoms with Crippen molar-refractivity contribution in [1.82, 2.24) is 9.55 Å². The minimum absolute atomic E-state index is 0.156. The highest BCUT2D eigenvalue weighted by Crippen LogP contribution is 2.66. The summed E-state index contributed by atoms with van der Waals surface area (Å²) in [6.45, 7) is -1.19. The normalized spacial score (nSPS) is 27.9. The van der Waals surface area contributed by atoms with E-state index in [2.05, 4.69) is 18.1 Å². The van der Waals surface area contributed by atoms with E-state index in [1.54, 1.807) is 0 Å². The van der Waals surface area contributed by atoms with Gasteiger partial charge in [-0.05, 0) is 6.07 Å². The lowest BCUT2D eigenvalue weighted by molar-refractivity contribution is -0.0996. The Hall–Kier alpha value is -1.13. The monoisotopic (exact) mass is 531 g/mol. The number of nitrogens with zero attached hydrogens (tertiary/aromatic N) is 2. The van der Waals surface area contributed by atoms with Crippen molar-refractivity contribution in [3.05, 3.63) is 22.7 Å². The van der Waals surface area contributed by atoms with E-state index in [0.29, 0.717) is 0 Å². The number of hydrogen-bond donors (Lipinski definition) is 6. The molecule has 0 amide bonds. The molecule has 1 fully saturated rings. The molecule has 2 unspecified atom stereocenters.